The Labute approximate surface area is 137 Å². The van der Waals surface area contributed by atoms with Crippen LogP contribution in [0.5, 0.6) is 0 Å². The predicted octanol–water partition coefficient (Wildman–Crippen LogP) is 6.03. The highest BCUT2D eigenvalue weighted by atomic mass is 79.9. The van der Waals surface area contributed by atoms with E-state index in [1.165, 1.54) is 27.5 Å². The van der Waals surface area contributed by atoms with Crippen LogP contribution in [0.1, 0.15) is 27.6 Å². The van der Waals surface area contributed by atoms with Crippen molar-refractivity contribution in [2.45, 2.75) is 18.2 Å². The van der Waals surface area contributed by atoms with Crippen LogP contribution in [-0.2, 0) is 12.8 Å². The third-order valence-electron chi connectivity index (χ3n) is 4.33. The lowest BCUT2D eigenvalue weighted by Crippen LogP contribution is -1.95. The molecule has 21 heavy (non-hydrogen) atoms. The van der Waals surface area contributed by atoms with E-state index >= 15 is 0 Å². The summed E-state index contributed by atoms with van der Waals surface area (Å²) in [5, 5.41) is 2.62. The van der Waals surface area contributed by atoms with Crippen LogP contribution in [-0.4, -0.2) is 0 Å². The van der Waals surface area contributed by atoms with Crippen molar-refractivity contribution in [3.05, 3.63) is 81.3 Å². The van der Waals surface area contributed by atoms with Gasteiger partial charge in [0.1, 0.15) is 0 Å². The van der Waals surface area contributed by atoms with E-state index in [1.807, 2.05) is 12.1 Å². The summed E-state index contributed by atoms with van der Waals surface area (Å²) >= 11 is 10.3. The van der Waals surface area contributed by atoms with Crippen molar-refractivity contribution in [1.82, 2.24) is 0 Å². The minimum atomic E-state index is -0.118. The molecule has 0 saturated carbocycles. The molecule has 0 nitrogen and oxygen atoms in total. The summed E-state index contributed by atoms with van der Waals surface area (Å²) in [6.07, 6.45) is 2.31. The van der Waals surface area contributed by atoms with Crippen molar-refractivity contribution in [3.63, 3.8) is 0 Å². The second kappa shape index (κ2) is 5.15. The maximum atomic E-state index is 6.79. The number of halogens is 2. The molecule has 0 fully saturated rings. The van der Waals surface area contributed by atoms with Crippen molar-refractivity contribution < 1.29 is 0 Å². The van der Waals surface area contributed by atoms with Gasteiger partial charge in [0.05, 0.1) is 5.38 Å². The van der Waals surface area contributed by atoms with Crippen molar-refractivity contribution in [2.75, 3.05) is 0 Å². The molecule has 3 aromatic rings. The van der Waals surface area contributed by atoms with Gasteiger partial charge in [-0.3, -0.25) is 0 Å². The first-order valence-electron chi connectivity index (χ1n) is 7.17. The zero-order valence-corrected chi connectivity index (χ0v) is 13.8. The Bertz CT molecular complexity index is 828. The smallest absolute Gasteiger partial charge is 0.0841 e. The molecule has 104 valence electrons. The van der Waals surface area contributed by atoms with E-state index in [2.05, 4.69) is 58.4 Å². The van der Waals surface area contributed by atoms with Crippen LogP contribution in [0.25, 0.3) is 10.8 Å². The summed E-state index contributed by atoms with van der Waals surface area (Å²) in [6, 6.07) is 19.3. The third kappa shape index (κ3) is 2.20. The number of hydrogen-bond donors (Lipinski definition) is 0. The van der Waals surface area contributed by atoms with Crippen LogP contribution in [0.4, 0.5) is 0 Å². The van der Waals surface area contributed by atoms with E-state index in [1.54, 1.807) is 0 Å². The van der Waals surface area contributed by atoms with Crippen LogP contribution in [0, 0.1) is 0 Å². The van der Waals surface area contributed by atoms with E-state index in [9.17, 15) is 0 Å². The average Bonchev–Trinajstić information content (AvgIpc) is 2.92. The number of benzene rings is 3. The zero-order chi connectivity index (χ0) is 14.4. The third-order valence-corrected chi connectivity index (χ3v) is 5.31. The molecule has 1 aliphatic carbocycles. The van der Waals surface area contributed by atoms with Gasteiger partial charge < -0.3 is 0 Å². The SMILES string of the molecule is ClC(c1cccc(Br)c1)c1ccc2c3c(cccc13)CC2. The Balaban J connectivity index is 1.92. The van der Waals surface area contributed by atoms with Crippen LogP contribution in [0.2, 0.25) is 0 Å². The second-order valence-corrected chi connectivity index (χ2v) is 6.92. The normalized spacial score (nSPS) is 14.6. The van der Waals surface area contributed by atoms with Crippen LogP contribution >= 0.6 is 27.5 Å². The molecule has 0 heterocycles. The lowest BCUT2D eigenvalue weighted by molar-refractivity contribution is 1.02. The van der Waals surface area contributed by atoms with Crippen LogP contribution in [0.3, 0.4) is 0 Å². The molecular weight excluding hydrogens is 344 g/mol. The first-order chi connectivity index (χ1) is 10.2. The average molecular weight is 358 g/mol. The maximum absolute atomic E-state index is 6.79. The number of aryl methyl sites for hydroxylation is 2. The molecule has 0 saturated heterocycles. The lowest BCUT2D eigenvalue weighted by Gasteiger charge is -2.15. The lowest BCUT2D eigenvalue weighted by atomic mass is 9.95. The maximum Gasteiger partial charge on any atom is 0.0841 e. The van der Waals surface area contributed by atoms with Gasteiger partial charge in [-0.1, -0.05) is 58.4 Å². The van der Waals surface area contributed by atoms with Crippen LogP contribution in [0.15, 0.2) is 59.1 Å². The molecule has 0 N–H and O–H groups in total. The Kier molecular flexibility index (Phi) is 3.28. The first-order valence-corrected chi connectivity index (χ1v) is 8.40. The monoisotopic (exact) mass is 356 g/mol. The molecule has 0 amide bonds. The van der Waals surface area contributed by atoms with Gasteiger partial charge in [-0.25, -0.2) is 0 Å². The summed E-state index contributed by atoms with van der Waals surface area (Å²) in [4.78, 5) is 0. The largest absolute Gasteiger partial charge is 0.113 e. The van der Waals surface area contributed by atoms with Crippen molar-refractivity contribution in [2.24, 2.45) is 0 Å². The minimum Gasteiger partial charge on any atom is -0.113 e. The van der Waals surface area contributed by atoms with E-state index in [4.69, 9.17) is 11.6 Å². The number of alkyl halides is 1. The highest BCUT2D eigenvalue weighted by Crippen LogP contribution is 2.39. The quantitative estimate of drug-likeness (QED) is 0.491. The molecule has 1 aliphatic rings. The van der Waals surface area contributed by atoms with Gasteiger partial charge in [-0.2, -0.15) is 0 Å². The molecule has 0 aromatic heterocycles. The van der Waals surface area contributed by atoms with Gasteiger partial charge in [-0.15, -0.1) is 11.6 Å². The first kappa shape index (κ1) is 13.4. The van der Waals surface area contributed by atoms with E-state index in [0.717, 1.165) is 22.9 Å². The Morgan fingerprint density at radius 1 is 0.905 bits per heavy atom. The summed E-state index contributed by atoms with van der Waals surface area (Å²) in [7, 11) is 0. The number of hydrogen-bond acceptors (Lipinski definition) is 0. The van der Waals surface area contributed by atoms with Crippen LogP contribution < -0.4 is 0 Å². The fourth-order valence-electron chi connectivity index (χ4n) is 3.33. The van der Waals surface area contributed by atoms with Crippen molar-refractivity contribution >= 4 is 38.3 Å². The highest BCUT2D eigenvalue weighted by molar-refractivity contribution is 9.10. The molecule has 0 spiro atoms. The van der Waals surface area contributed by atoms with E-state index in [0.29, 0.717) is 0 Å². The molecular formula is C19H14BrCl. The second-order valence-electron chi connectivity index (χ2n) is 5.57. The minimum absolute atomic E-state index is 0.118. The van der Waals surface area contributed by atoms with Crippen molar-refractivity contribution in [3.8, 4) is 0 Å². The van der Waals surface area contributed by atoms with Gasteiger partial charge >= 0.3 is 0 Å². The van der Waals surface area contributed by atoms with E-state index in [-0.39, 0.29) is 5.38 Å². The summed E-state index contributed by atoms with van der Waals surface area (Å²) in [6.45, 7) is 0. The molecule has 0 bridgehead atoms. The molecule has 1 unspecified atom stereocenters. The number of rotatable bonds is 2. The molecule has 3 aromatic carbocycles. The molecule has 0 radical (unpaired) electrons. The standard InChI is InChI=1S/C19H14BrCl/c20-15-5-1-4-14(11-15)19(21)17-10-9-13-8-7-12-3-2-6-16(17)18(12)13/h1-6,9-11,19H,7-8H2. The van der Waals surface area contributed by atoms with Gasteiger partial charge in [-0.05, 0) is 58.0 Å². The molecule has 2 heteroatoms. The zero-order valence-electron chi connectivity index (χ0n) is 11.4. The molecule has 1 atom stereocenters. The highest BCUT2D eigenvalue weighted by Gasteiger charge is 2.20. The summed E-state index contributed by atoms with van der Waals surface area (Å²) in [5.74, 6) is 0. The molecule has 0 aliphatic heterocycles. The van der Waals surface area contributed by atoms with Gasteiger partial charge in [0.25, 0.3) is 0 Å². The topological polar surface area (TPSA) is 0 Å². The van der Waals surface area contributed by atoms with Gasteiger partial charge in [0.2, 0.25) is 0 Å². The van der Waals surface area contributed by atoms with Gasteiger partial charge in [0.15, 0.2) is 0 Å². The summed E-state index contributed by atoms with van der Waals surface area (Å²) in [5.41, 5.74) is 5.26. The Morgan fingerprint density at radius 2 is 1.67 bits per heavy atom. The fourth-order valence-corrected chi connectivity index (χ4v) is 4.08. The van der Waals surface area contributed by atoms with Crippen molar-refractivity contribution in [1.29, 1.82) is 0 Å². The Hall–Kier alpha value is -1.31. The fraction of sp³-hybridized carbons (Fsp3) is 0.158. The summed E-state index contributed by atoms with van der Waals surface area (Å²) < 4.78 is 1.07. The predicted molar refractivity (Wildman–Crippen MR) is 93.2 cm³/mol. The molecule has 4 rings (SSSR count). The van der Waals surface area contributed by atoms with E-state index < -0.39 is 0 Å². The Morgan fingerprint density at radius 3 is 2.48 bits per heavy atom. The van der Waals surface area contributed by atoms with Gasteiger partial charge in [0, 0.05) is 4.47 Å².